The van der Waals surface area contributed by atoms with Gasteiger partial charge in [0, 0.05) is 18.6 Å². The molecule has 0 unspecified atom stereocenters. The van der Waals surface area contributed by atoms with Crippen molar-refractivity contribution in [3.63, 3.8) is 0 Å². The third-order valence-electron chi connectivity index (χ3n) is 3.65. The molecule has 0 aliphatic carbocycles. The molecule has 0 saturated heterocycles. The number of imidazole rings is 1. The monoisotopic (exact) mass is 310 g/mol. The summed E-state index contributed by atoms with van der Waals surface area (Å²) < 4.78 is 15.0. The van der Waals surface area contributed by atoms with E-state index in [2.05, 4.69) is 21.4 Å². The summed E-state index contributed by atoms with van der Waals surface area (Å²) in [5, 5.41) is 3.39. The number of hydrogen-bond acceptors (Lipinski definition) is 3. The molecule has 2 aromatic heterocycles. The Bertz CT molecular complexity index is 740. The van der Waals surface area contributed by atoms with E-state index in [9.17, 15) is 4.39 Å². The minimum atomic E-state index is -0.176. The van der Waals surface area contributed by atoms with Crippen molar-refractivity contribution >= 4 is 0 Å². The van der Waals surface area contributed by atoms with Crippen LogP contribution in [-0.4, -0.2) is 27.6 Å². The fourth-order valence-electron chi connectivity index (χ4n) is 2.45. The van der Waals surface area contributed by atoms with Gasteiger partial charge in [0.15, 0.2) is 0 Å². The van der Waals surface area contributed by atoms with Crippen LogP contribution >= 0.6 is 0 Å². The summed E-state index contributed by atoms with van der Waals surface area (Å²) in [7, 11) is 0. The van der Waals surface area contributed by atoms with E-state index in [-0.39, 0.29) is 5.82 Å². The Balaban J connectivity index is 1.45. The lowest BCUT2D eigenvalue weighted by atomic mass is 10.1. The van der Waals surface area contributed by atoms with Crippen molar-refractivity contribution in [1.29, 1.82) is 0 Å². The maximum Gasteiger partial charge on any atom is 0.123 e. The minimum Gasteiger partial charge on any atom is -0.316 e. The number of pyridine rings is 1. The van der Waals surface area contributed by atoms with Crippen LogP contribution in [0.25, 0.3) is 5.69 Å². The number of nitrogens with one attached hydrogen (secondary N) is 1. The Morgan fingerprint density at radius 1 is 1.00 bits per heavy atom. The quantitative estimate of drug-likeness (QED) is 0.682. The molecule has 0 radical (unpaired) electrons. The first-order valence-corrected chi connectivity index (χ1v) is 7.69. The van der Waals surface area contributed by atoms with Crippen molar-refractivity contribution < 1.29 is 4.39 Å². The van der Waals surface area contributed by atoms with E-state index in [1.165, 1.54) is 11.6 Å². The van der Waals surface area contributed by atoms with Crippen LogP contribution in [0.2, 0.25) is 0 Å². The van der Waals surface area contributed by atoms with Gasteiger partial charge < -0.3 is 9.88 Å². The summed E-state index contributed by atoms with van der Waals surface area (Å²) in [6.45, 7) is 1.70. The molecule has 0 aliphatic heterocycles. The lowest BCUT2D eigenvalue weighted by Crippen LogP contribution is -2.20. The van der Waals surface area contributed by atoms with E-state index in [0.29, 0.717) is 0 Å². The molecule has 3 rings (SSSR count). The van der Waals surface area contributed by atoms with Gasteiger partial charge in [0.1, 0.15) is 5.82 Å². The van der Waals surface area contributed by atoms with Crippen LogP contribution in [0.3, 0.4) is 0 Å². The molecule has 1 N–H and O–H groups in total. The standard InChI is InChI=1S/C18H19FN4/c19-17-3-1-2-15(10-17)4-6-20-7-5-16-11-18(13-22-12-16)23-9-8-21-14-23/h1-3,8-14,20H,4-7H2. The zero-order valence-corrected chi connectivity index (χ0v) is 12.8. The second-order valence-electron chi connectivity index (χ2n) is 5.40. The molecule has 23 heavy (non-hydrogen) atoms. The molecule has 0 atom stereocenters. The summed E-state index contributed by atoms with van der Waals surface area (Å²) in [5.41, 5.74) is 3.20. The molecule has 2 heterocycles. The van der Waals surface area contributed by atoms with Crippen molar-refractivity contribution in [2.75, 3.05) is 13.1 Å². The predicted molar refractivity (Wildman–Crippen MR) is 88.0 cm³/mol. The van der Waals surface area contributed by atoms with Crippen molar-refractivity contribution in [2.45, 2.75) is 12.8 Å². The summed E-state index contributed by atoms with van der Waals surface area (Å²) in [6, 6.07) is 8.86. The molecule has 0 bridgehead atoms. The summed E-state index contributed by atoms with van der Waals surface area (Å²) in [6.07, 6.45) is 10.8. The van der Waals surface area contributed by atoms with Gasteiger partial charge in [-0.2, -0.15) is 0 Å². The highest BCUT2D eigenvalue weighted by Crippen LogP contribution is 2.08. The van der Waals surface area contributed by atoms with Gasteiger partial charge in [-0.25, -0.2) is 9.37 Å². The van der Waals surface area contributed by atoms with Gasteiger partial charge in [0.2, 0.25) is 0 Å². The third-order valence-corrected chi connectivity index (χ3v) is 3.65. The molecule has 3 aromatic rings. The maximum absolute atomic E-state index is 13.1. The van der Waals surface area contributed by atoms with Crippen LogP contribution in [0.5, 0.6) is 0 Å². The summed E-state index contributed by atoms with van der Waals surface area (Å²) >= 11 is 0. The number of nitrogens with zero attached hydrogens (tertiary/aromatic N) is 3. The lowest BCUT2D eigenvalue weighted by molar-refractivity contribution is 0.622. The van der Waals surface area contributed by atoms with E-state index in [4.69, 9.17) is 0 Å². The first-order valence-electron chi connectivity index (χ1n) is 7.69. The maximum atomic E-state index is 13.1. The predicted octanol–water partition coefficient (Wildman–Crippen LogP) is 2.78. The average Bonchev–Trinajstić information content (AvgIpc) is 3.09. The Morgan fingerprint density at radius 3 is 2.65 bits per heavy atom. The molecule has 4 nitrogen and oxygen atoms in total. The van der Waals surface area contributed by atoms with Crippen molar-refractivity contribution in [2.24, 2.45) is 0 Å². The van der Waals surface area contributed by atoms with Crippen molar-refractivity contribution in [3.05, 3.63) is 78.4 Å². The van der Waals surface area contributed by atoms with Crippen LogP contribution < -0.4 is 5.32 Å². The number of rotatable bonds is 7. The second kappa shape index (κ2) is 7.65. The molecule has 0 saturated carbocycles. The Kier molecular flexibility index (Phi) is 5.11. The molecule has 0 fully saturated rings. The zero-order valence-electron chi connectivity index (χ0n) is 12.8. The molecule has 118 valence electrons. The van der Waals surface area contributed by atoms with Crippen LogP contribution in [0.15, 0.2) is 61.4 Å². The van der Waals surface area contributed by atoms with Gasteiger partial charge in [0.25, 0.3) is 0 Å². The molecule has 0 spiro atoms. The smallest absolute Gasteiger partial charge is 0.123 e. The average molecular weight is 310 g/mol. The van der Waals surface area contributed by atoms with Crippen LogP contribution in [0, 0.1) is 5.82 Å². The molecular weight excluding hydrogens is 291 g/mol. The highest BCUT2D eigenvalue weighted by Gasteiger charge is 2.00. The van der Waals surface area contributed by atoms with Gasteiger partial charge in [-0.3, -0.25) is 4.98 Å². The van der Waals surface area contributed by atoms with Crippen molar-refractivity contribution in [3.8, 4) is 5.69 Å². The minimum absolute atomic E-state index is 0.176. The molecule has 5 heteroatoms. The number of benzene rings is 1. The van der Waals surface area contributed by atoms with Gasteiger partial charge in [0.05, 0.1) is 18.2 Å². The van der Waals surface area contributed by atoms with E-state index in [0.717, 1.165) is 37.2 Å². The normalized spacial score (nSPS) is 10.8. The van der Waals surface area contributed by atoms with E-state index < -0.39 is 0 Å². The van der Waals surface area contributed by atoms with Gasteiger partial charge in [-0.05, 0) is 55.3 Å². The Hall–Kier alpha value is -2.53. The Morgan fingerprint density at radius 2 is 1.87 bits per heavy atom. The fraction of sp³-hybridized carbons (Fsp3) is 0.222. The molecule has 0 aliphatic rings. The van der Waals surface area contributed by atoms with Crippen LogP contribution in [-0.2, 0) is 12.8 Å². The molecule has 1 aromatic carbocycles. The van der Waals surface area contributed by atoms with Crippen LogP contribution in [0.4, 0.5) is 4.39 Å². The number of hydrogen-bond donors (Lipinski definition) is 1. The Labute approximate surface area is 135 Å². The van der Waals surface area contributed by atoms with E-state index in [1.807, 2.05) is 29.2 Å². The first-order chi connectivity index (χ1) is 11.3. The second-order valence-corrected chi connectivity index (χ2v) is 5.40. The fourth-order valence-corrected chi connectivity index (χ4v) is 2.45. The SMILES string of the molecule is Fc1cccc(CCNCCc2cncc(-n3ccnc3)c2)c1. The topological polar surface area (TPSA) is 42.7 Å². The number of halogens is 1. The van der Waals surface area contributed by atoms with Gasteiger partial charge in [-0.1, -0.05) is 12.1 Å². The largest absolute Gasteiger partial charge is 0.316 e. The summed E-state index contributed by atoms with van der Waals surface area (Å²) in [5.74, 6) is -0.176. The third kappa shape index (κ3) is 4.47. The van der Waals surface area contributed by atoms with Crippen molar-refractivity contribution in [1.82, 2.24) is 19.9 Å². The molecule has 0 amide bonds. The zero-order chi connectivity index (χ0) is 15.9. The highest BCUT2D eigenvalue weighted by atomic mass is 19.1. The van der Waals surface area contributed by atoms with Gasteiger partial charge in [-0.15, -0.1) is 0 Å². The van der Waals surface area contributed by atoms with Gasteiger partial charge >= 0.3 is 0 Å². The van der Waals surface area contributed by atoms with E-state index in [1.54, 1.807) is 24.7 Å². The molecular formula is C18H19FN4. The lowest BCUT2D eigenvalue weighted by Gasteiger charge is -2.07. The van der Waals surface area contributed by atoms with Crippen LogP contribution in [0.1, 0.15) is 11.1 Å². The summed E-state index contributed by atoms with van der Waals surface area (Å²) in [4.78, 5) is 8.32. The highest BCUT2D eigenvalue weighted by molar-refractivity contribution is 5.32. The first kappa shape index (κ1) is 15.4. The number of aromatic nitrogens is 3. The van der Waals surface area contributed by atoms with E-state index >= 15 is 0 Å².